The first-order valence-corrected chi connectivity index (χ1v) is 7.23. The number of rotatable bonds is 2. The summed E-state index contributed by atoms with van der Waals surface area (Å²) in [4.78, 5) is 7.02. The average Bonchev–Trinajstić information content (AvgIpc) is 2.71. The zero-order valence-corrected chi connectivity index (χ0v) is 12.8. The molecule has 3 nitrogen and oxygen atoms in total. The van der Waals surface area contributed by atoms with Crippen LogP contribution < -0.4 is 9.80 Å². The van der Waals surface area contributed by atoms with Crippen molar-refractivity contribution in [1.29, 1.82) is 0 Å². The van der Waals surface area contributed by atoms with Gasteiger partial charge in [0.1, 0.15) is 6.17 Å². The fraction of sp³-hybridized carbons (Fsp3) is 0.412. The Kier molecular flexibility index (Phi) is 3.20. The second kappa shape index (κ2) is 4.89. The topological polar surface area (TPSA) is 9.72 Å². The van der Waals surface area contributed by atoms with E-state index in [4.69, 9.17) is 0 Å². The van der Waals surface area contributed by atoms with Crippen molar-refractivity contribution >= 4 is 11.4 Å². The van der Waals surface area contributed by atoms with E-state index in [2.05, 4.69) is 79.3 Å². The predicted molar refractivity (Wildman–Crippen MR) is 86.1 cm³/mol. The second-order valence-corrected chi connectivity index (χ2v) is 5.82. The predicted octanol–water partition coefficient (Wildman–Crippen LogP) is 3.06. The highest BCUT2D eigenvalue weighted by atomic mass is 15.4. The molecule has 106 valence electrons. The molecule has 0 amide bonds. The van der Waals surface area contributed by atoms with Crippen LogP contribution in [0.1, 0.15) is 12.8 Å². The molecule has 1 heterocycles. The lowest BCUT2D eigenvalue weighted by Gasteiger charge is -2.34. The average molecular weight is 269 g/mol. The van der Waals surface area contributed by atoms with Crippen molar-refractivity contribution in [1.82, 2.24) is 4.90 Å². The Hall–Kier alpha value is -1.90. The smallest absolute Gasteiger partial charge is 0.129 e. The minimum Gasteiger partial charge on any atom is -0.381 e. The van der Waals surface area contributed by atoms with Gasteiger partial charge >= 0.3 is 0 Å². The summed E-state index contributed by atoms with van der Waals surface area (Å²) in [5, 5.41) is 0. The third-order valence-corrected chi connectivity index (χ3v) is 4.37. The molecule has 0 spiro atoms. The van der Waals surface area contributed by atoms with E-state index in [9.17, 15) is 0 Å². The summed E-state index contributed by atoms with van der Waals surface area (Å²) in [5.41, 5.74) is 5.49. The van der Waals surface area contributed by atoms with E-state index in [0.29, 0.717) is 6.17 Å². The van der Waals surface area contributed by atoms with Crippen molar-refractivity contribution in [3.8, 4) is 0 Å². The molecular weight excluding hydrogens is 246 g/mol. The van der Waals surface area contributed by atoms with Crippen LogP contribution in [-0.2, 0) is 0 Å². The quantitative estimate of drug-likeness (QED) is 0.817. The molecule has 20 heavy (non-hydrogen) atoms. The summed E-state index contributed by atoms with van der Waals surface area (Å²) < 4.78 is 0. The van der Waals surface area contributed by atoms with Crippen molar-refractivity contribution in [2.24, 2.45) is 0 Å². The van der Waals surface area contributed by atoms with E-state index in [1.807, 2.05) is 0 Å². The molecule has 3 heteroatoms. The van der Waals surface area contributed by atoms with E-state index in [-0.39, 0.29) is 0 Å². The van der Waals surface area contributed by atoms with Gasteiger partial charge in [-0.2, -0.15) is 0 Å². The summed E-state index contributed by atoms with van der Waals surface area (Å²) in [6.45, 7) is 0. The number of fused-ring (bicyclic) bond motifs is 1. The van der Waals surface area contributed by atoms with Crippen molar-refractivity contribution in [2.45, 2.75) is 19.0 Å². The van der Waals surface area contributed by atoms with Crippen molar-refractivity contribution in [2.75, 3.05) is 38.0 Å². The molecule has 0 saturated heterocycles. The highest BCUT2D eigenvalue weighted by Gasteiger charge is 2.34. The Balaban J connectivity index is 2.06. The molecule has 0 bridgehead atoms. The molecule has 0 radical (unpaired) electrons. The Morgan fingerprint density at radius 2 is 1.65 bits per heavy atom. The summed E-state index contributed by atoms with van der Waals surface area (Å²) >= 11 is 0. The maximum absolute atomic E-state index is 2.38. The van der Waals surface area contributed by atoms with Crippen molar-refractivity contribution in [3.63, 3.8) is 0 Å². The lowest BCUT2D eigenvalue weighted by Crippen LogP contribution is -2.42. The largest absolute Gasteiger partial charge is 0.381 e. The van der Waals surface area contributed by atoms with Crippen LogP contribution in [0.5, 0.6) is 0 Å². The molecular formula is C17H23N3. The molecule has 1 aliphatic carbocycles. The van der Waals surface area contributed by atoms with Crippen molar-refractivity contribution < 1.29 is 0 Å². The van der Waals surface area contributed by atoms with Crippen LogP contribution in [0.3, 0.4) is 0 Å². The van der Waals surface area contributed by atoms with Gasteiger partial charge in [0.25, 0.3) is 0 Å². The van der Waals surface area contributed by atoms with E-state index < -0.39 is 0 Å². The third kappa shape index (κ3) is 1.89. The molecule has 2 aliphatic rings. The maximum Gasteiger partial charge on any atom is 0.129 e. The Morgan fingerprint density at radius 3 is 2.20 bits per heavy atom. The van der Waals surface area contributed by atoms with E-state index >= 15 is 0 Å². The molecule has 0 N–H and O–H groups in total. The third-order valence-electron chi connectivity index (χ3n) is 4.37. The minimum atomic E-state index is 0.293. The lowest BCUT2D eigenvalue weighted by atomic mass is 9.99. The monoisotopic (exact) mass is 269 g/mol. The fourth-order valence-electron chi connectivity index (χ4n) is 3.39. The molecule has 0 aromatic heterocycles. The summed E-state index contributed by atoms with van der Waals surface area (Å²) in [7, 11) is 8.68. The van der Waals surface area contributed by atoms with Gasteiger partial charge < -0.3 is 14.7 Å². The normalized spacial score (nSPS) is 18.8. The number of likely N-dealkylation sites (N-methyl/N-ethyl adjacent to an activating group) is 2. The fourth-order valence-corrected chi connectivity index (χ4v) is 3.39. The van der Waals surface area contributed by atoms with Gasteiger partial charge in [0.15, 0.2) is 0 Å². The molecule has 1 aromatic rings. The number of allylic oxidation sites excluding steroid dienone is 2. The van der Waals surface area contributed by atoms with E-state index in [1.165, 1.54) is 22.6 Å². The van der Waals surface area contributed by atoms with Gasteiger partial charge in [0, 0.05) is 39.5 Å². The molecule has 1 aromatic carbocycles. The molecule has 0 atom stereocenters. The molecule has 1 aliphatic heterocycles. The number of hydrogen-bond acceptors (Lipinski definition) is 3. The van der Waals surface area contributed by atoms with Gasteiger partial charge in [-0.1, -0.05) is 24.3 Å². The highest BCUT2D eigenvalue weighted by Crippen LogP contribution is 2.41. The van der Waals surface area contributed by atoms with Crippen LogP contribution in [0.25, 0.3) is 0 Å². The minimum absolute atomic E-state index is 0.293. The summed E-state index contributed by atoms with van der Waals surface area (Å²) in [5.74, 6) is 0. The Labute approximate surface area is 121 Å². The molecule has 0 fully saturated rings. The van der Waals surface area contributed by atoms with Crippen LogP contribution in [0.2, 0.25) is 0 Å². The standard InChI is InChI=1S/C17H23N3/c1-18(2)14-10-6-5-9-13(14)17-19(3)15-11-7-8-12-16(15)20(17)4/h5,7-9,11-12,17H,6,10H2,1-4H3. The molecule has 3 rings (SSSR count). The van der Waals surface area contributed by atoms with Crippen LogP contribution >= 0.6 is 0 Å². The van der Waals surface area contributed by atoms with Gasteiger partial charge in [-0.3, -0.25) is 0 Å². The van der Waals surface area contributed by atoms with Crippen LogP contribution in [0, 0.1) is 0 Å². The highest BCUT2D eigenvalue weighted by molar-refractivity contribution is 5.78. The Morgan fingerprint density at radius 1 is 1.05 bits per heavy atom. The Bertz CT molecular complexity index is 542. The number of anilines is 2. The van der Waals surface area contributed by atoms with Crippen molar-refractivity contribution in [3.05, 3.63) is 47.7 Å². The van der Waals surface area contributed by atoms with Crippen LogP contribution in [0.15, 0.2) is 47.7 Å². The zero-order valence-electron chi connectivity index (χ0n) is 12.8. The SMILES string of the molecule is CN(C)C1=C(C2N(C)c3ccccc3N2C)C=CCC1. The first-order valence-electron chi connectivity index (χ1n) is 7.23. The summed E-state index contributed by atoms with van der Waals surface area (Å²) in [6, 6.07) is 8.63. The van der Waals surface area contributed by atoms with Gasteiger partial charge in [-0.05, 0) is 25.0 Å². The lowest BCUT2D eigenvalue weighted by molar-refractivity contribution is 0.472. The summed E-state index contributed by atoms with van der Waals surface area (Å²) in [6.07, 6.45) is 7.17. The van der Waals surface area contributed by atoms with Gasteiger partial charge in [0.05, 0.1) is 11.4 Å². The van der Waals surface area contributed by atoms with Gasteiger partial charge in [-0.15, -0.1) is 0 Å². The number of para-hydroxylation sites is 2. The zero-order chi connectivity index (χ0) is 14.3. The van der Waals surface area contributed by atoms with Crippen LogP contribution in [0.4, 0.5) is 11.4 Å². The number of benzene rings is 1. The second-order valence-electron chi connectivity index (χ2n) is 5.82. The number of hydrogen-bond donors (Lipinski definition) is 0. The maximum atomic E-state index is 2.38. The molecule has 0 unspecified atom stereocenters. The molecule has 0 saturated carbocycles. The first kappa shape index (κ1) is 13.1. The van der Waals surface area contributed by atoms with Gasteiger partial charge in [0.2, 0.25) is 0 Å². The number of nitrogens with zero attached hydrogens (tertiary/aromatic N) is 3. The first-order chi connectivity index (χ1) is 9.61. The van der Waals surface area contributed by atoms with E-state index in [1.54, 1.807) is 0 Å². The van der Waals surface area contributed by atoms with E-state index in [0.717, 1.165) is 12.8 Å². The van der Waals surface area contributed by atoms with Crippen LogP contribution in [-0.4, -0.2) is 39.3 Å². The van der Waals surface area contributed by atoms with Gasteiger partial charge in [-0.25, -0.2) is 0 Å².